The minimum Gasteiger partial charge on any atom is -0.409 e. The van der Waals surface area contributed by atoms with Gasteiger partial charge in [-0.15, -0.1) is 0 Å². The molecule has 1 aromatic heterocycles. The summed E-state index contributed by atoms with van der Waals surface area (Å²) in [6.07, 6.45) is 0. The highest BCUT2D eigenvalue weighted by Crippen LogP contribution is 2.21. The van der Waals surface area contributed by atoms with Crippen LogP contribution in [0.4, 0.5) is 0 Å². The van der Waals surface area contributed by atoms with Crippen molar-refractivity contribution in [1.82, 2.24) is 4.57 Å². The fourth-order valence-corrected chi connectivity index (χ4v) is 2.40. The average Bonchev–Trinajstić information content (AvgIpc) is 2.44. The maximum Gasteiger partial charge on any atom is 0.262 e. The lowest BCUT2D eigenvalue weighted by atomic mass is 10.2. The molecule has 1 heterocycles. The Balaban J connectivity index is 2.51. The van der Waals surface area contributed by atoms with E-state index in [4.69, 9.17) is 34.1 Å². The number of amidine groups is 1. The number of nitrogens with zero attached hydrogens (tertiary/aromatic N) is 2. The van der Waals surface area contributed by atoms with Crippen molar-refractivity contribution in [3.63, 3.8) is 0 Å². The van der Waals surface area contributed by atoms with E-state index in [1.807, 2.05) is 0 Å². The zero-order valence-corrected chi connectivity index (χ0v) is 12.7. The van der Waals surface area contributed by atoms with Crippen LogP contribution in [0.3, 0.4) is 0 Å². The van der Waals surface area contributed by atoms with Crippen LogP contribution in [-0.2, 0) is 6.54 Å². The number of nitrogens with two attached hydrogens (primary N) is 1. The highest BCUT2D eigenvalue weighted by atomic mass is 35.5. The molecule has 0 atom stereocenters. The zero-order valence-electron chi connectivity index (χ0n) is 11.2. The Morgan fingerprint density at radius 3 is 2.67 bits per heavy atom. The van der Waals surface area contributed by atoms with Crippen LogP contribution in [0.2, 0.25) is 10.0 Å². The Morgan fingerprint density at radius 1 is 1.33 bits per heavy atom. The number of rotatable bonds is 3. The summed E-state index contributed by atoms with van der Waals surface area (Å²) in [5.74, 6) is -0.226. The maximum atomic E-state index is 12.4. The first kappa shape index (κ1) is 15.4. The highest BCUT2D eigenvalue weighted by Gasteiger charge is 2.11. The number of oxime groups is 1. The summed E-state index contributed by atoms with van der Waals surface area (Å²) >= 11 is 12.0. The SMILES string of the molecule is Cc1ccc(/C(N)=N/O)c(=O)n1Cc1ccc(Cl)cc1Cl. The summed E-state index contributed by atoms with van der Waals surface area (Å²) in [6.45, 7) is 2.06. The van der Waals surface area contributed by atoms with Gasteiger partial charge in [0, 0.05) is 15.7 Å². The van der Waals surface area contributed by atoms with E-state index in [-0.39, 0.29) is 23.5 Å². The molecule has 1 aromatic carbocycles. The standard InChI is InChI=1S/C14H13Cl2N3O2/c1-8-2-5-11(13(17)18-21)14(20)19(8)7-9-3-4-10(15)6-12(9)16/h2-6,21H,7H2,1H3,(H2,17,18). The van der Waals surface area contributed by atoms with Crippen molar-refractivity contribution in [3.8, 4) is 0 Å². The van der Waals surface area contributed by atoms with Crippen molar-refractivity contribution in [2.24, 2.45) is 10.9 Å². The molecule has 0 saturated heterocycles. The third-order valence-corrected chi connectivity index (χ3v) is 3.71. The minimum absolute atomic E-state index is 0.133. The molecule has 2 aromatic rings. The van der Waals surface area contributed by atoms with Gasteiger partial charge in [0.05, 0.1) is 12.1 Å². The van der Waals surface area contributed by atoms with Gasteiger partial charge in [-0.3, -0.25) is 4.79 Å². The molecule has 3 N–H and O–H groups in total. The number of aromatic nitrogens is 1. The van der Waals surface area contributed by atoms with Crippen LogP contribution in [0.5, 0.6) is 0 Å². The second kappa shape index (κ2) is 6.20. The lowest BCUT2D eigenvalue weighted by Crippen LogP contribution is -2.31. The van der Waals surface area contributed by atoms with Crippen molar-refractivity contribution < 1.29 is 5.21 Å². The molecule has 0 unspecified atom stereocenters. The largest absolute Gasteiger partial charge is 0.409 e. The van der Waals surface area contributed by atoms with Gasteiger partial charge in [0.15, 0.2) is 5.84 Å². The molecule has 5 nitrogen and oxygen atoms in total. The molecule has 7 heteroatoms. The summed E-state index contributed by atoms with van der Waals surface area (Å²) in [7, 11) is 0. The first-order valence-corrected chi connectivity index (χ1v) is 6.82. The molecule has 21 heavy (non-hydrogen) atoms. The van der Waals surface area contributed by atoms with E-state index in [1.54, 1.807) is 31.2 Å². The van der Waals surface area contributed by atoms with Gasteiger partial charge in [-0.2, -0.15) is 0 Å². The molecule has 0 amide bonds. The van der Waals surface area contributed by atoms with E-state index in [0.29, 0.717) is 10.0 Å². The molecule has 0 fully saturated rings. The third kappa shape index (κ3) is 3.20. The number of halogens is 2. The fraction of sp³-hybridized carbons (Fsp3) is 0.143. The monoisotopic (exact) mass is 325 g/mol. The molecule has 0 aliphatic heterocycles. The van der Waals surface area contributed by atoms with Gasteiger partial charge in [-0.25, -0.2) is 0 Å². The molecule has 0 aliphatic carbocycles. The summed E-state index contributed by atoms with van der Waals surface area (Å²) < 4.78 is 1.50. The van der Waals surface area contributed by atoms with Crippen LogP contribution in [0, 0.1) is 6.92 Å². The van der Waals surface area contributed by atoms with Gasteiger partial charge in [0.2, 0.25) is 0 Å². The van der Waals surface area contributed by atoms with E-state index < -0.39 is 0 Å². The molecule has 110 valence electrons. The zero-order chi connectivity index (χ0) is 15.6. The van der Waals surface area contributed by atoms with Gasteiger partial charge in [-0.1, -0.05) is 34.4 Å². The Morgan fingerprint density at radius 2 is 2.05 bits per heavy atom. The summed E-state index contributed by atoms with van der Waals surface area (Å²) in [6, 6.07) is 8.32. The Labute approximate surface area is 131 Å². The predicted octanol–water partition coefficient (Wildman–Crippen LogP) is 2.61. The van der Waals surface area contributed by atoms with Crippen molar-refractivity contribution in [2.75, 3.05) is 0 Å². The molecule has 0 aliphatic rings. The highest BCUT2D eigenvalue weighted by molar-refractivity contribution is 6.35. The minimum atomic E-state index is -0.351. The van der Waals surface area contributed by atoms with Gasteiger partial charge < -0.3 is 15.5 Å². The average molecular weight is 326 g/mol. The smallest absolute Gasteiger partial charge is 0.262 e. The molecule has 0 radical (unpaired) electrons. The second-order valence-corrected chi connectivity index (χ2v) is 5.34. The van der Waals surface area contributed by atoms with Gasteiger partial charge in [0.1, 0.15) is 0 Å². The topological polar surface area (TPSA) is 80.6 Å². The number of hydrogen-bond acceptors (Lipinski definition) is 3. The van der Waals surface area contributed by atoms with Crippen LogP contribution in [0.1, 0.15) is 16.8 Å². The van der Waals surface area contributed by atoms with Crippen LogP contribution in [-0.4, -0.2) is 15.6 Å². The molecule has 0 bridgehead atoms. The van der Waals surface area contributed by atoms with Crippen molar-refractivity contribution in [2.45, 2.75) is 13.5 Å². The number of pyridine rings is 1. The third-order valence-electron chi connectivity index (χ3n) is 3.12. The predicted molar refractivity (Wildman–Crippen MR) is 83.5 cm³/mol. The number of aryl methyl sites for hydroxylation is 1. The number of hydrogen-bond donors (Lipinski definition) is 2. The van der Waals surface area contributed by atoms with Gasteiger partial charge >= 0.3 is 0 Å². The summed E-state index contributed by atoms with van der Waals surface area (Å²) in [5.41, 5.74) is 6.77. The molecule has 2 rings (SSSR count). The van der Waals surface area contributed by atoms with Crippen molar-refractivity contribution in [1.29, 1.82) is 0 Å². The quantitative estimate of drug-likeness (QED) is 0.394. The van der Waals surface area contributed by atoms with Crippen LogP contribution in [0.25, 0.3) is 0 Å². The first-order chi connectivity index (χ1) is 9.93. The first-order valence-electron chi connectivity index (χ1n) is 6.06. The Hall–Kier alpha value is -1.98. The molecule has 0 saturated carbocycles. The van der Waals surface area contributed by atoms with Crippen LogP contribution in [0.15, 0.2) is 40.3 Å². The Kier molecular flexibility index (Phi) is 4.55. The maximum absolute atomic E-state index is 12.4. The van der Waals surface area contributed by atoms with E-state index in [2.05, 4.69) is 5.16 Å². The lowest BCUT2D eigenvalue weighted by molar-refractivity contribution is 0.318. The van der Waals surface area contributed by atoms with E-state index in [1.165, 1.54) is 10.6 Å². The Bertz CT molecular complexity index is 769. The fourth-order valence-electron chi connectivity index (χ4n) is 1.94. The van der Waals surface area contributed by atoms with E-state index in [9.17, 15) is 4.79 Å². The van der Waals surface area contributed by atoms with Crippen molar-refractivity contribution in [3.05, 3.63) is 67.6 Å². The normalized spacial score (nSPS) is 11.7. The van der Waals surface area contributed by atoms with Crippen LogP contribution < -0.4 is 11.3 Å². The van der Waals surface area contributed by atoms with Gasteiger partial charge in [-0.05, 0) is 36.8 Å². The van der Waals surface area contributed by atoms with E-state index >= 15 is 0 Å². The van der Waals surface area contributed by atoms with E-state index in [0.717, 1.165) is 11.3 Å². The number of benzene rings is 1. The molecule has 0 spiro atoms. The second-order valence-electron chi connectivity index (χ2n) is 4.50. The van der Waals surface area contributed by atoms with Crippen LogP contribution >= 0.6 is 23.2 Å². The summed E-state index contributed by atoms with van der Waals surface area (Å²) in [4.78, 5) is 12.4. The molecular weight excluding hydrogens is 313 g/mol. The lowest BCUT2D eigenvalue weighted by Gasteiger charge is -2.13. The van der Waals surface area contributed by atoms with Gasteiger partial charge in [0.25, 0.3) is 5.56 Å². The summed E-state index contributed by atoms with van der Waals surface area (Å²) in [5, 5.41) is 12.6. The molecular formula is C14H13Cl2N3O2. The van der Waals surface area contributed by atoms with Crippen molar-refractivity contribution >= 4 is 29.0 Å².